The molecular formula is C29H25N3O5. The summed E-state index contributed by atoms with van der Waals surface area (Å²) in [5.41, 5.74) is 5.64. The summed E-state index contributed by atoms with van der Waals surface area (Å²) in [7, 11) is 0. The standard InChI is InChI=1S/C28H25N3O3.CO2/c1-17-5-8-19(9-6-17)25-24(26(32)21-4-3-12-29-15-21)27(33)28(34)31(25)13-11-20-16-30-23-14-18(2)7-10-22(20)23;2-1-3/h3-10,12,14-16,25,30,32H,11,13H2,1-2H3;. The van der Waals surface area contributed by atoms with E-state index in [0.29, 0.717) is 18.5 Å². The van der Waals surface area contributed by atoms with Gasteiger partial charge in [-0.3, -0.25) is 14.6 Å². The molecule has 1 atom stereocenters. The van der Waals surface area contributed by atoms with Crippen molar-refractivity contribution < 1.29 is 24.3 Å². The second-order valence-electron chi connectivity index (χ2n) is 8.84. The van der Waals surface area contributed by atoms with Crippen LogP contribution in [0.5, 0.6) is 0 Å². The Morgan fingerprint density at radius 2 is 1.76 bits per heavy atom. The van der Waals surface area contributed by atoms with Gasteiger partial charge in [0.15, 0.2) is 0 Å². The van der Waals surface area contributed by atoms with Crippen LogP contribution in [0.25, 0.3) is 16.7 Å². The van der Waals surface area contributed by atoms with E-state index in [1.807, 2.05) is 44.3 Å². The number of likely N-dealkylation sites (tertiary alicyclic amines) is 1. The molecule has 8 nitrogen and oxygen atoms in total. The van der Waals surface area contributed by atoms with Crippen molar-refractivity contribution in [2.75, 3.05) is 6.54 Å². The topological polar surface area (TPSA) is 120 Å². The van der Waals surface area contributed by atoms with Crippen molar-refractivity contribution in [1.82, 2.24) is 14.9 Å². The first-order valence-electron chi connectivity index (χ1n) is 11.7. The van der Waals surface area contributed by atoms with Gasteiger partial charge in [-0.25, -0.2) is 0 Å². The van der Waals surface area contributed by atoms with Crippen LogP contribution >= 0.6 is 0 Å². The van der Waals surface area contributed by atoms with Gasteiger partial charge in [-0.05, 0) is 55.2 Å². The number of aromatic amines is 1. The van der Waals surface area contributed by atoms with E-state index in [-0.39, 0.29) is 17.5 Å². The van der Waals surface area contributed by atoms with Crippen LogP contribution in [0.4, 0.5) is 0 Å². The maximum absolute atomic E-state index is 13.2. The van der Waals surface area contributed by atoms with Crippen molar-refractivity contribution in [3.8, 4) is 0 Å². The van der Waals surface area contributed by atoms with E-state index >= 15 is 0 Å². The minimum Gasteiger partial charge on any atom is -0.507 e. The van der Waals surface area contributed by atoms with Gasteiger partial charge in [-0.1, -0.05) is 42.0 Å². The number of amides is 1. The van der Waals surface area contributed by atoms with Crippen molar-refractivity contribution in [3.05, 3.63) is 107 Å². The number of ketones is 1. The zero-order valence-electron chi connectivity index (χ0n) is 20.4. The van der Waals surface area contributed by atoms with Gasteiger partial charge < -0.3 is 15.0 Å². The zero-order chi connectivity index (χ0) is 26.5. The Bertz CT molecular complexity index is 1510. The number of H-pyrrole nitrogens is 1. The summed E-state index contributed by atoms with van der Waals surface area (Å²) in [5, 5.41) is 12.2. The lowest BCUT2D eigenvalue weighted by Gasteiger charge is -2.25. The quantitative estimate of drug-likeness (QED) is 0.242. The first-order valence-corrected chi connectivity index (χ1v) is 11.7. The Labute approximate surface area is 213 Å². The first kappa shape index (κ1) is 25.3. The summed E-state index contributed by atoms with van der Waals surface area (Å²) in [6.45, 7) is 4.37. The van der Waals surface area contributed by atoms with E-state index < -0.39 is 17.7 Å². The van der Waals surface area contributed by atoms with Gasteiger partial charge in [0.25, 0.3) is 11.7 Å². The largest absolute Gasteiger partial charge is 0.507 e. The number of hydrogen-bond acceptors (Lipinski definition) is 6. The number of hydrogen-bond donors (Lipinski definition) is 2. The number of nitrogens with zero attached hydrogens (tertiary/aromatic N) is 2. The molecule has 186 valence electrons. The molecule has 37 heavy (non-hydrogen) atoms. The molecule has 0 spiro atoms. The number of Topliss-reactive ketones (excluding diaryl/α,β-unsaturated/α-hetero) is 1. The molecule has 2 aromatic carbocycles. The molecule has 0 radical (unpaired) electrons. The maximum Gasteiger partial charge on any atom is 0.373 e. The second-order valence-corrected chi connectivity index (χ2v) is 8.84. The molecule has 3 heterocycles. The van der Waals surface area contributed by atoms with Crippen LogP contribution in [0.15, 0.2) is 78.8 Å². The van der Waals surface area contributed by atoms with Crippen LogP contribution in [-0.2, 0) is 25.6 Å². The predicted octanol–water partition coefficient (Wildman–Crippen LogP) is 4.26. The number of rotatable bonds is 5. The highest BCUT2D eigenvalue weighted by atomic mass is 16.3. The third-order valence-corrected chi connectivity index (χ3v) is 6.41. The SMILES string of the molecule is Cc1ccc(C2C(=C(O)c3cccnc3)C(=O)C(=O)N2CCc2c[nH]c3cc(C)ccc23)cc1.O=C=O. The molecule has 2 N–H and O–H groups in total. The van der Waals surface area contributed by atoms with Crippen LogP contribution in [0, 0.1) is 13.8 Å². The van der Waals surface area contributed by atoms with Gasteiger partial charge >= 0.3 is 6.15 Å². The number of aryl methyl sites for hydroxylation is 2. The normalized spacial score (nSPS) is 16.4. The minimum absolute atomic E-state index is 0.0939. The number of fused-ring (bicyclic) bond motifs is 1. The Hall–Kier alpha value is -4.81. The Balaban J connectivity index is 0.00000102. The van der Waals surface area contributed by atoms with Crippen LogP contribution < -0.4 is 0 Å². The number of aliphatic hydroxyl groups is 1. The fourth-order valence-corrected chi connectivity index (χ4v) is 4.61. The van der Waals surface area contributed by atoms with E-state index in [0.717, 1.165) is 27.6 Å². The van der Waals surface area contributed by atoms with Crippen LogP contribution in [0.3, 0.4) is 0 Å². The number of nitrogens with one attached hydrogen (secondary N) is 1. The monoisotopic (exact) mass is 495 g/mol. The molecule has 5 rings (SSSR count). The molecule has 1 fully saturated rings. The number of carbonyl (C=O) groups excluding carboxylic acids is 4. The lowest BCUT2D eigenvalue weighted by atomic mass is 9.95. The summed E-state index contributed by atoms with van der Waals surface area (Å²) in [6, 6.07) is 16.6. The highest BCUT2D eigenvalue weighted by Gasteiger charge is 2.45. The molecule has 0 saturated carbocycles. The van der Waals surface area contributed by atoms with Crippen LogP contribution in [0.2, 0.25) is 0 Å². The number of carbonyl (C=O) groups is 2. The molecule has 2 aromatic heterocycles. The van der Waals surface area contributed by atoms with Gasteiger partial charge in [-0.15, -0.1) is 0 Å². The lowest BCUT2D eigenvalue weighted by Crippen LogP contribution is -2.31. The van der Waals surface area contributed by atoms with E-state index in [4.69, 9.17) is 9.59 Å². The van der Waals surface area contributed by atoms with Crippen molar-refractivity contribution in [1.29, 1.82) is 0 Å². The maximum atomic E-state index is 13.2. The van der Waals surface area contributed by atoms with E-state index in [1.54, 1.807) is 23.2 Å². The molecule has 1 aliphatic heterocycles. The molecule has 0 aliphatic carbocycles. The van der Waals surface area contributed by atoms with Gasteiger partial charge in [0.2, 0.25) is 0 Å². The molecule has 1 amide bonds. The third-order valence-electron chi connectivity index (χ3n) is 6.41. The predicted molar refractivity (Wildman–Crippen MR) is 136 cm³/mol. The fourth-order valence-electron chi connectivity index (χ4n) is 4.61. The highest BCUT2D eigenvalue weighted by Crippen LogP contribution is 2.39. The molecule has 1 saturated heterocycles. The summed E-state index contributed by atoms with van der Waals surface area (Å²) >= 11 is 0. The minimum atomic E-state index is -0.679. The van der Waals surface area contributed by atoms with Gasteiger partial charge in [0.05, 0.1) is 11.6 Å². The molecular weight excluding hydrogens is 470 g/mol. The lowest BCUT2D eigenvalue weighted by molar-refractivity contribution is -0.191. The average molecular weight is 496 g/mol. The molecule has 1 aliphatic rings. The average Bonchev–Trinajstić information content (AvgIpc) is 3.41. The van der Waals surface area contributed by atoms with E-state index in [1.165, 1.54) is 11.8 Å². The number of benzene rings is 2. The molecule has 8 heteroatoms. The highest BCUT2D eigenvalue weighted by molar-refractivity contribution is 6.46. The number of aromatic nitrogens is 2. The second kappa shape index (κ2) is 10.8. The summed E-state index contributed by atoms with van der Waals surface area (Å²) < 4.78 is 0. The van der Waals surface area contributed by atoms with Crippen molar-refractivity contribution in [2.45, 2.75) is 26.3 Å². The van der Waals surface area contributed by atoms with Crippen molar-refractivity contribution in [2.24, 2.45) is 0 Å². The third kappa shape index (κ3) is 5.10. The zero-order valence-corrected chi connectivity index (χ0v) is 20.4. The van der Waals surface area contributed by atoms with Gasteiger partial charge in [-0.2, -0.15) is 9.59 Å². The van der Waals surface area contributed by atoms with Crippen molar-refractivity contribution in [3.63, 3.8) is 0 Å². The Morgan fingerprint density at radius 3 is 2.43 bits per heavy atom. The molecule has 1 unspecified atom stereocenters. The van der Waals surface area contributed by atoms with Crippen molar-refractivity contribution >= 4 is 34.5 Å². The summed E-state index contributed by atoms with van der Waals surface area (Å²) in [6.07, 6.45) is 5.86. The van der Waals surface area contributed by atoms with Gasteiger partial charge in [0, 0.05) is 41.6 Å². The Morgan fingerprint density at radius 1 is 1.05 bits per heavy atom. The number of aliphatic hydroxyl groups excluding tert-OH is 1. The molecule has 4 aromatic rings. The van der Waals surface area contributed by atoms with E-state index in [2.05, 4.69) is 28.2 Å². The van der Waals surface area contributed by atoms with Crippen LogP contribution in [-0.4, -0.2) is 44.4 Å². The van der Waals surface area contributed by atoms with Gasteiger partial charge in [0.1, 0.15) is 5.76 Å². The summed E-state index contributed by atoms with van der Waals surface area (Å²) in [4.78, 5) is 51.5. The summed E-state index contributed by atoms with van der Waals surface area (Å²) in [5.74, 6) is -1.49. The first-order chi connectivity index (χ1) is 17.8. The molecule has 0 bridgehead atoms. The van der Waals surface area contributed by atoms with Crippen LogP contribution in [0.1, 0.15) is 33.9 Å². The number of pyridine rings is 1. The smallest absolute Gasteiger partial charge is 0.373 e. The fraction of sp³-hybridized carbons (Fsp3) is 0.172. The van der Waals surface area contributed by atoms with E-state index in [9.17, 15) is 14.7 Å². The Kier molecular flexibility index (Phi) is 7.41.